The predicted octanol–water partition coefficient (Wildman–Crippen LogP) is 1.83. The third-order valence-corrected chi connectivity index (χ3v) is 4.26. The summed E-state index contributed by atoms with van der Waals surface area (Å²) in [5, 5.41) is 3.87. The lowest BCUT2D eigenvalue weighted by Gasteiger charge is -2.33. The molecule has 3 heterocycles. The van der Waals surface area contributed by atoms with Crippen LogP contribution in [0.15, 0.2) is 16.9 Å². The Morgan fingerprint density at radius 2 is 2.08 bits per heavy atom. The molecule has 1 atom stereocenters. The van der Waals surface area contributed by atoms with Gasteiger partial charge in [0.15, 0.2) is 5.82 Å². The average molecular weight is 345 g/mol. The topological polar surface area (TPSA) is 84.6 Å². The van der Waals surface area contributed by atoms with Gasteiger partial charge in [-0.05, 0) is 26.7 Å². The molecule has 134 valence electrons. The minimum atomic E-state index is -0.117. The van der Waals surface area contributed by atoms with Crippen molar-refractivity contribution in [3.8, 4) is 5.88 Å². The Bertz CT molecular complexity index is 739. The van der Waals surface area contributed by atoms with Gasteiger partial charge in [-0.15, -0.1) is 0 Å². The Morgan fingerprint density at radius 1 is 1.32 bits per heavy atom. The van der Waals surface area contributed by atoms with Gasteiger partial charge in [0, 0.05) is 33.0 Å². The number of hydrogen-bond acceptors (Lipinski definition) is 7. The summed E-state index contributed by atoms with van der Waals surface area (Å²) in [7, 11) is 3.79. The number of ether oxygens (including phenoxy) is 1. The van der Waals surface area contributed by atoms with E-state index in [9.17, 15) is 4.79 Å². The number of carbonyl (C=O) groups is 1. The first-order chi connectivity index (χ1) is 12.0. The van der Waals surface area contributed by atoms with Crippen LogP contribution < -0.4 is 9.64 Å². The molecule has 8 heteroatoms. The van der Waals surface area contributed by atoms with E-state index < -0.39 is 0 Å². The molecule has 2 aromatic heterocycles. The van der Waals surface area contributed by atoms with Crippen LogP contribution >= 0.6 is 0 Å². The van der Waals surface area contributed by atoms with Crippen LogP contribution in [0.2, 0.25) is 0 Å². The van der Waals surface area contributed by atoms with Crippen molar-refractivity contribution in [2.24, 2.45) is 0 Å². The highest BCUT2D eigenvalue weighted by atomic mass is 16.5. The van der Waals surface area contributed by atoms with Crippen LogP contribution in [-0.4, -0.2) is 59.2 Å². The highest BCUT2D eigenvalue weighted by Crippen LogP contribution is 2.25. The zero-order chi connectivity index (χ0) is 18.0. The molecule has 0 saturated carbocycles. The molecule has 2 aromatic rings. The van der Waals surface area contributed by atoms with Gasteiger partial charge < -0.3 is 19.1 Å². The summed E-state index contributed by atoms with van der Waals surface area (Å²) in [5.41, 5.74) is 1.17. The highest BCUT2D eigenvalue weighted by molar-refractivity contribution is 5.96. The number of anilines is 1. The summed E-state index contributed by atoms with van der Waals surface area (Å²) in [6.07, 6.45) is 4.87. The van der Waals surface area contributed by atoms with E-state index in [4.69, 9.17) is 9.26 Å². The molecule has 0 spiro atoms. The van der Waals surface area contributed by atoms with Crippen molar-refractivity contribution in [3.05, 3.63) is 29.4 Å². The molecule has 0 radical (unpaired) electrons. The van der Waals surface area contributed by atoms with Gasteiger partial charge >= 0.3 is 0 Å². The Balaban J connectivity index is 1.73. The summed E-state index contributed by atoms with van der Waals surface area (Å²) in [6, 6.07) is 0. The fraction of sp³-hybridized carbons (Fsp3) is 0.529. The fourth-order valence-electron chi connectivity index (χ4n) is 3.03. The van der Waals surface area contributed by atoms with Gasteiger partial charge in [0.1, 0.15) is 17.4 Å². The first-order valence-electron chi connectivity index (χ1n) is 8.34. The Labute approximate surface area is 146 Å². The molecular weight excluding hydrogens is 322 g/mol. The molecular formula is C17H23N5O3. The van der Waals surface area contributed by atoms with Gasteiger partial charge in [-0.2, -0.15) is 0 Å². The van der Waals surface area contributed by atoms with Crippen LogP contribution in [-0.2, 0) is 0 Å². The van der Waals surface area contributed by atoms with Crippen molar-refractivity contribution < 1.29 is 14.1 Å². The van der Waals surface area contributed by atoms with Crippen molar-refractivity contribution in [2.75, 3.05) is 32.1 Å². The summed E-state index contributed by atoms with van der Waals surface area (Å²) >= 11 is 0. The highest BCUT2D eigenvalue weighted by Gasteiger charge is 2.29. The quantitative estimate of drug-likeness (QED) is 0.836. The molecule has 25 heavy (non-hydrogen) atoms. The van der Waals surface area contributed by atoms with E-state index in [1.165, 1.54) is 0 Å². The van der Waals surface area contributed by atoms with Crippen LogP contribution in [0.25, 0.3) is 0 Å². The number of aryl methyl sites for hydroxylation is 2. The monoisotopic (exact) mass is 345 g/mol. The lowest BCUT2D eigenvalue weighted by atomic mass is 10.1. The third kappa shape index (κ3) is 3.57. The SMILES string of the molecule is Cc1noc(C)c1C(=O)N1CCC[C@@H](Oc2nccnc2N(C)C)C1. The van der Waals surface area contributed by atoms with Crippen molar-refractivity contribution in [1.29, 1.82) is 0 Å². The Kier molecular flexibility index (Phi) is 4.87. The number of rotatable bonds is 4. The normalized spacial score (nSPS) is 17.4. The number of hydrogen-bond donors (Lipinski definition) is 0. The van der Waals surface area contributed by atoms with Crippen molar-refractivity contribution in [1.82, 2.24) is 20.0 Å². The van der Waals surface area contributed by atoms with Gasteiger partial charge in [0.05, 0.1) is 12.2 Å². The maximum atomic E-state index is 12.8. The number of piperidine rings is 1. The van der Waals surface area contributed by atoms with Crippen LogP contribution in [0.1, 0.15) is 34.7 Å². The van der Waals surface area contributed by atoms with E-state index >= 15 is 0 Å². The summed E-state index contributed by atoms with van der Waals surface area (Å²) < 4.78 is 11.2. The van der Waals surface area contributed by atoms with Crippen LogP contribution in [0.4, 0.5) is 5.82 Å². The molecule has 0 unspecified atom stereocenters. The minimum Gasteiger partial charge on any atom is -0.470 e. The van der Waals surface area contributed by atoms with Gasteiger partial charge in [0.2, 0.25) is 0 Å². The van der Waals surface area contributed by atoms with Crippen LogP contribution in [0, 0.1) is 13.8 Å². The van der Waals surface area contributed by atoms with E-state index in [0.29, 0.717) is 41.8 Å². The number of aromatic nitrogens is 3. The lowest BCUT2D eigenvalue weighted by Crippen LogP contribution is -2.44. The minimum absolute atomic E-state index is 0.0588. The second-order valence-corrected chi connectivity index (χ2v) is 6.41. The molecule has 1 amide bonds. The zero-order valence-corrected chi connectivity index (χ0v) is 15.0. The second kappa shape index (κ2) is 7.08. The number of likely N-dealkylation sites (tertiary alicyclic amines) is 1. The standard InChI is InChI=1S/C17H23N5O3/c1-11-14(12(2)25-20-11)17(23)22-9-5-6-13(10-22)24-16-15(21(3)4)18-7-8-19-16/h7-8,13H,5-6,9-10H2,1-4H3/t13-/m1/s1. The van der Waals surface area contributed by atoms with Gasteiger partial charge in [0.25, 0.3) is 11.8 Å². The molecule has 1 aliphatic rings. The van der Waals surface area contributed by atoms with Crippen molar-refractivity contribution in [3.63, 3.8) is 0 Å². The van der Waals surface area contributed by atoms with Crippen molar-refractivity contribution >= 4 is 11.7 Å². The maximum Gasteiger partial charge on any atom is 0.259 e. The van der Waals surface area contributed by atoms with Crippen molar-refractivity contribution in [2.45, 2.75) is 32.8 Å². The second-order valence-electron chi connectivity index (χ2n) is 6.41. The molecule has 0 N–H and O–H groups in total. The third-order valence-electron chi connectivity index (χ3n) is 4.26. The molecule has 8 nitrogen and oxygen atoms in total. The van der Waals surface area contributed by atoms with Crippen LogP contribution in [0.5, 0.6) is 5.88 Å². The zero-order valence-electron chi connectivity index (χ0n) is 15.0. The number of nitrogens with zero attached hydrogens (tertiary/aromatic N) is 5. The Morgan fingerprint density at radius 3 is 2.76 bits per heavy atom. The molecule has 1 saturated heterocycles. The summed E-state index contributed by atoms with van der Waals surface area (Å²) in [5.74, 6) is 1.66. The molecule has 0 bridgehead atoms. The van der Waals surface area contributed by atoms with E-state index in [2.05, 4.69) is 15.1 Å². The predicted molar refractivity (Wildman–Crippen MR) is 91.9 cm³/mol. The van der Waals surface area contributed by atoms with Crippen LogP contribution in [0.3, 0.4) is 0 Å². The molecule has 3 rings (SSSR count). The molecule has 0 aromatic carbocycles. The molecule has 1 fully saturated rings. The van der Waals surface area contributed by atoms with E-state index in [0.717, 1.165) is 12.8 Å². The van der Waals surface area contributed by atoms with E-state index in [-0.39, 0.29) is 12.0 Å². The van der Waals surface area contributed by atoms with Gasteiger partial charge in [-0.25, -0.2) is 9.97 Å². The smallest absolute Gasteiger partial charge is 0.259 e. The Hall–Kier alpha value is -2.64. The number of amides is 1. The first kappa shape index (κ1) is 17.2. The largest absolute Gasteiger partial charge is 0.470 e. The maximum absolute atomic E-state index is 12.8. The average Bonchev–Trinajstić information content (AvgIpc) is 2.93. The van der Waals surface area contributed by atoms with E-state index in [1.807, 2.05) is 19.0 Å². The summed E-state index contributed by atoms with van der Waals surface area (Å²) in [4.78, 5) is 25.1. The molecule has 1 aliphatic heterocycles. The number of carbonyl (C=O) groups excluding carboxylic acids is 1. The van der Waals surface area contributed by atoms with E-state index in [1.54, 1.807) is 31.1 Å². The molecule has 0 aliphatic carbocycles. The van der Waals surface area contributed by atoms with Gasteiger partial charge in [-0.3, -0.25) is 4.79 Å². The van der Waals surface area contributed by atoms with Gasteiger partial charge in [-0.1, -0.05) is 5.16 Å². The first-order valence-corrected chi connectivity index (χ1v) is 8.34. The fourth-order valence-corrected chi connectivity index (χ4v) is 3.03. The lowest BCUT2D eigenvalue weighted by molar-refractivity contribution is 0.0526. The summed E-state index contributed by atoms with van der Waals surface area (Å²) in [6.45, 7) is 4.74.